The summed E-state index contributed by atoms with van der Waals surface area (Å²) in [4.78, 5) is 14.6. The van der Waals surface area contributed by atoms with Crippen molar-refractivity contribution in [3.8, 4) is 0 Å². The van der Waals surface area contributed by atoms with E-state index in [1.807, 2.05) is 0 Å². The van der Waals surface area contributed by atoms with E-state index in [1.165, 1.54) is 19.3 Å². The molecule has 16 heavy (non-hydrogen) atoms. The second kappa shape index (κ2) is 5.17. The lowest BCUT2D eigenvalue weighted by molar-refractivity contribution is -0.141. The smallest absolute Gasteiger partial charge is 0.226 e. The van der Waals surface area contributed by atoms with Crippen LogP contribution in [0.4, 0.5) is 0 Å². The molecule has 2 aliphatic heterocycles. The Morgan fingerprint density at radius 1 is 1.25 bits per heavy atom. The summed E-state index contributed by atoms with van der Waals surface area (Å²) < 4.78 is 0. The first kappa shape index (κ1) is 11.9. The standard InChI is InChI=1S/C13H24N2O/c1-10-9-14-7-6-12(10)13(16)15-8-4-3-5-11(15)2/h10-12,14H,3-9H2,1-2H3. The number of amides is 1. The average molecular weight is 224 g/mol. The monoisotopic (exact) mass is 224 g/mol. The highest BCUT2D eigenvalue weighted by atomic mass is 16.2. The van der Waals surface area contributed by atoms with E-state index < -0.39 is 0 Å². The van der Waals surface area contributed by atoms with E-state index in [4.69, 9.17) is 0 Å². The Morgan fingerprint density at radius 3 is 2.75 bits per heavy atom. The van der Waals surface area contributed by atoms with Gasteiger partial charge in [0.1, 0.15) is 0 Å². The zero-order chi connectivity index (χ0) is 11.5. The first-order chi connectivity index (χ1) is 7.70. The largest absolute Gasteiger partial charge is 0.340 e. The quantitative estimate of drug-likeness (QED) is 0.734. The zero-order valence-corrected chi connectivity index (χ0v) is 10.5. The van der Waals surface area contributed by atoms with Crippen molar-refractivity contribution in [1.29, 1.82) is 0 Å². The van der Waals surface area contributed by atoms with Gasteiger partial charge in [0, 0.05) is 18.5 Å². The molecule has 0 aromatic carbocycles. The lowest BCUT2D eigenvalue weighted by Gasteiger charge is -2.39. The van der Waals surface area contributed by atoms with Crippen molar-refractivity contribution in [2.75, 3.05) is 19.6 Å². The molecule has 3 nitrogen and oxygen atoms in total. The first-order valence-corrected chi connectivity index (χ1v) is 6.71. The van der Waals surface area contributed by atoms with Crippen molar-refractivity contribution >= 4 is 5.91 Å². The van der Waals surface area contributed by atoms with Crippen LogP contribution in [0.3, 0.4) is 0 Å². The molecule has 3 heteroatoms. The highest BCUT2D eigenvalue weighted by Crippen LogP contribution is 2.25. The van der Waals surface area contributed by atoms with Crippen molar-refractivity contribution in [2.24, 2.45) is 11.8 Å². The molecule has 0 saturated carbocycles. The highest BCUT2D eigenvalue weighted by Gasteiger charge is 2.33. The van der Waals surface area contributed by atoms with E-state index in [-0.39, 0.29) is 5.92 Å². The maximum absolute atomic E-state index is 12.5. The molecule has 0 aromatic heterocycles. The lowest BCUT2D eigenvalue weighted by atomic mass is 9.85. The van der Waals surface area contributed by atoms with Gasteiger partial charge >= 0.3 is 0 Å². The molecular formula is C13H24N2O. The number of hydrogen-bond donors (Lipinski definition) is 1. The molecule has 3 atom stereocenters. The fraction of sp³-hybridized carbons (Fsp3) is 0.923. The van der Waals surface area contributed by atoms with Crippen molar-refractivity contribution in [3.05, 3.63) is 0 Å². The van der Waals surface area contributed by atoms with Crippen LogP contribution in [-0.4, -0.2) is 36.5 Å². The Morgan fingerprint density at radius 2 is 2.06 bits per heavy atom. The van der Waals surface area contributed by atoms with E-state index in [0.717, 1.165) is 26.1 Å². The van der Waals surface area contributed by atoms with Crippen LogP contribution in [-0.2, 0) is 4.79 Å². The zero-order valence-electron chi connectivity index (χ0n) is 10.5. The first-order valence-electron chi connectivity index (χ1n) is 6.71. The average Bonchev–Trinajstić information content (AvgIpc) is 2.29. The minimum atomic E-state index is 0.266. The van der Waals surface area contributed by atoms with Crippen LogP contribution >= 0.6 is 0 Å². The molecule has 0 aliphatic carbocycles. The molecule has 0 radical (unpaired) electrons. The number of hydrogen-bond acceptors (Lipinski definition) is 2. The minimum Gasteiger partial charge on any atom is -0.340 e. The molecule has 2 heterocycles. The van der Waals surface area contributed by atoms with Crippen LogP contribution in [0.2, 0.25) is 0 Å². The molecule has 0 bridgehead atoms. The van der Waals surface area contributed by atoms with E-state index in [0.29, 0.717) is 17.9 Å². The number of carbonyl (C=O) groups is 1. The maximum Gasteiger partial charge on any atom is 0.226 e. The molecular weight excluding hydrogens is 200 g/mol. The summed E-state index contributed by atoms with van der Waals surface area (Å²) in [5.41, 5.74) is 0. The molecule has 2 saturated heterocycles. The molecule has 92 valence electrons. The van der Waals surface area contributed by atoms with Crippen LogP contribution in [0, 0.1) is 11.8 Å². The molecule has 2 rings (SSSR count). The highest BCUT2D eigenvalue weighted by molar-refractivity contribution is 5.79. The van der Waals surface area contributed by atoms with E-state index in [9.17, 15) is 4.79 Å². The maximum atomic E-state index is 12.5. The van der Waals surface area contributed by atoms with Crippen LogP contribution in [0.25, 0.3) is 0 Å². The third-order valence-electron chi connectivity index (χ3n) is 4.19. The van der Waals surface area contributed by atoms with E-state index >= 15 is 0 Å². The minimum absolute atomic E-state index is 0.266. The van der Waals surface area contributed by atoms with Crippen LogP contribution < -0.4 is 5.32 Å². The summed E-state index contributed by atoms with van der Waals surface area (Å²) in [6.07, 6.45) is 4.68. The molecule has 3 unspecified atom stereocenters. The van der Waals surface area contributed by atoms with Gasteiger partial charge < -0.3 is 10.2 Å². The number of likely N-dealkylation sites (tertiary alicyclic amines) is 1. The Balaban J connectivity index is 1.99. The summed E-state index contributed by atoms with van der Waals surface area (Å²) in [6, 6.07) is 0.461. The van der Waals surface area contributed by atoms with Gasteiger partial charge in [0.2, 0.25) is 5.91 Å². The second-order valence-electron chi connectivity index (χ2n) is 5.45. The summed E-state index contributed by atoms with van der Waals surface area (Å²) in [7, 11) is 0. The summed E-state index contributed by atoms with van der Waals surface area (Å²) >= 11 is 0. The SMILES string of the molecule is CC1CNCCC1C(=O)N1CCCCC1C. The third kappa shape index (κ3) is 2.40. The predicted octanol–water partition coefficient (Wildman–Crippen LogP) is 1.63. The van der Waals surface area contributed by atoms with Gasteiger partial charge in [0.05, 0.1) is 0 Å². The normalized spacial score (nSPS) is 36.1. The molecule has 0 aromatic rings. The van der Waals surface area contributed by atoms with Crippen molar-refractivity contribution in [2.45, 2.75) is 45.6 Å². The number of carbonyl (C=O) groups excluding carboxylic acids is 1. The van der Waals surface area contributed by atoms with Gasteiger partial charge in [-0.2, -0.15) is 0 Å². The van der Waals surface area contributed by atoms with Crippen LogP contribution in [0.15, 0.2) is 0 Å². The topological polar surface area (TPSA) is 32.3 Å². The van der Waals surface area contributed by atoms with Crippen molar-refractivity contribution in [3.63, 3.8) is 0 Å². The summed E-state index contributed by atoms with van der Waals surface area (Å²) in [5, 5.41) is 3.36. The molecule has 1 N–H and O–H groups in total. The Hall–Kier alpha value is -0.570. The van der Waals surface area contributed by atoms with Gasteiger partial charge in [-0.3, -0.25) is 4.79 Å². The Bertz CT molecular complexity index is 230. The second-order valence-corrected chi connectivity index (χ2v) is 5.45. The van der Waals surface area contributed by atoms with Crippen molar-refractivity contribution in [1.82, 2.24) is 10.2 Å². The van der Waals surface area contributed by atoms with Gasteiger partial charge in [-0.1, -0.05) is 6.92 Å². The van der Waals surface area contributed by atoms with Gasteiger partial charge in [-0.25, -0.2) is 0 Å². The van der Waals surface area contributed by atoms with Gasteiger partial charge in [-0.15, -0.1) is 0 Å². The number of nitrogens with zero attached hydrogens (tertiary/aromatic N) is 1. The van der Waals surface area contributed by atoms with Crippen LogP contribution in [0.1, 0.15) is 39.5 Å². The Labute approximate surface area is 98.6 Å². The fourth-order valence-electron chi connectivity index (χ4n) is 3.02. The van der Waals surface area contributed by atoms with Crippen molar-refractivity contribution < 1.29 is 4.79 Å². The summed E-state index contributed by atoms with van der Waals surface area (Å²) in [6.45, 7) is 7.38. The number of rotatable bonds is 1. The van der Waals surface area contributed by atoms with Gasteiger partial charge in [0.25, 0.3) is 0 Å². The predicted molar refractivity (Wildman–Crippen MR) is 65.2 cm³/mol. The van der Waals surface area contributed by atoms with E-state index in [2.05, 4.69) is 24.1 Å². The molecule has 0 spiro atoms. The fourth-order valence-corrected chi connectivity index (χ4v) is 3.02. The molecule has 2 fully saturated rings. The van der Waals surface area contributed by atoms with E-state index in [1.54, 1.807) is 0 Å². The summed E-state index contributed by atoms with van der Waals surface area (Å²) in [5.74, 6) is 1.18. The number of piperidine rings is 2. The molecule has 1 amide bonds. The number of nitrogens with one attached hydrogen (secondary N) is 1. The van der Waals surface area contributed by atoms with Gasteiger partial charge in [0.15, 0.2) is 0 Å². The lowest BCUT2D eigenvalue weighted by Crippen LogP contribution is -2.49. The van der Waals surface area contributed by atoms with Gasteiger partial charge in [-0.05, 0) is 51.6 Å². The Kier molecular flexibility index (Phi) is 3.85. The third-order valence-corrected chi connectivity index (χ3v) is 4.19. The molecule has 2 aliphatic rings. The van der Waals surface area contributed by atoms with Crippen LogP contribution in [0.5, 0.6) is 0 Å².